The van der Waals surface area contributed by atoms with Crippen LogP contribution in [0.3, 0.4) is 0 Å². The van der Waals surface area contributed by atoms with Gasteiger partial charge in [-0.25, -0.2) is 8.42 Å². The summed E-state index contributed by atoms with van der Waals surface area (Å²) in [4.78, 5) is 4.98. The highest BCUT2D eigenvalue weighted by Gasteiger charge is 2.21. The lowest BCUT2D eigenvalue weighted by molar-refractivity contribution is 0.261. The monoisotopic (exact) mass is 512 g/mol. The van der Waals surface area contributed by atoms with Gasteiger partial charge < -0.3 is 4.90 Å². The molecule has 1 N–H and O–H groups in total. The standard InChI is InChI=1S/C25H25ClN4O2S2/c26-20-9-11-21(12-10-20)34(31,32)28-23-7-3-1-5-19(23)13-14-29-15-17-30(18-16-29)25-22-6-2-4-8-24(22)33-27-25/h1-12,28H,13-18H2. The topological polar surface area (TPSA) is 65.5 Å². The van der Waals surface area contributed by atoms with Gasteiger partial charge in [-0.05, 0) is 66.0 Å². The maximum Gasteiger partial charge on any atom is 0.261 e. The number of halogens is 1. The summed E-state index contributed by atoms with van der Waals surface area (Å²) in [5.41, 5.74) is 1.60. The van der Waals surface area contributed by atoms with Crippen LogP contribution in [0.15, 0.2) is 77.7 Å². The molecule has 0 atom stereocenters. The Bertz CT molecular complexity index is 1380. The molecule has 0 aliphatic carbocycles. The van der Waals surface area contributed by atoms with E-state index in [0.29, 0.717) is 10.7 Å². The van der Waals surface area contributed by atoms with Crippen LogP contribution < -0.4 is 9.62 Å². The molecular weight excluding hydrogens is 488 g/mol. The van der Waals surface area contributed by atoms with Gasteiger partial charge in [0.15, 0.2) is 0 Å². The molecule has 1 aliphatic heterocycles. The summed E-state index contributed by atoms with van der Waals surface area (Å²) in [6.07, 6.45) is 0.763. The van der Waals surface area contributed by atoms with Gasteiger partial charge in [0.2, 0.25) is 0 Å². The molecule has 9 heteroatoms. The van der Waals surface area contributed by atoms with Crippen LogP contribution in [-0.2, 0) is 16.4 Å². The second kappa shape index (κ2) is 9.92. The van der Waals surface area contributed by atoms with Crippen molar-refractivity contribution in [3.05, 3.63) is 83.4 Å². The molecule has 0 radical (unpaired) electrons. The number of para-hydroxylation sites is 1. The Morgan fingerprint density at radius 3 is 2.41 bits per heavy atom. The van der Waals surface area contributed by atoms with E-state index in [0.717, 1.165) is 50.5 Å². The Kier molecular flexibility index (Phi) is 6.74. The largest absolute Gasteiger partial charge is 0.353 e. The van der Waals surface area contributed by atoms with Gasteiger partial charge >= 0.3 is 0 Å². The molecule has 1 aromatic heterocycles. The summed E-state index contributed by atoms with van der Waals surface area (Å²) in [6, 6.07) is 22.1. The van der Waals surface area contributed by atoms with E-state index in [4.69, 9.17) is 11.6 Å². The van der Waals surface area contributed by atoms with Crippen LogP contribution in [0.4, 0.5) is 11.5 Å². The average Bonchev–Trinajstić information content (AvgIpc) is 3.28. The van der Waals surface area contributed by atoms with Crippen LogP contribution in [0.5, 0.6) is 0 Å². The first-order chi connectivity index (χ1) is 16.5. The maximum absolute atomic E-state index is 12.8. The predicted octanol–water partition coefficient (Wildman–Crippen LogP) is 5.12. The van der Waals surface area contributed by atoms with Gasteiger partial charge in [0.1, 0.15) is 5.82 Å². The molecule has 34 heavy (non-hydrogen) atoms. The number of hydrogen-bond acceptors (Lipinski definition) is 6. The van der Waals surface area contributed by atoms with Crippen molar-refractivity contribution in [1.82, 2.24) is 9.27 Å². The number of nitrogens with one attached hydrogen (secondary N) is 1. The second-order valence-corrected chi connectivity index (χ2v) is 11.2. The minimum atomic E-state index is -3.68. The summed E-state index contributed by atoms with van der Waals surface area (Å²) in [5, 5.41) is 1.73. The number of aromatic nitrogens is 1. The Balaban J connectivity index is 1.21. The molecule has 1 aliphatic rings. The molecule has 1 saturated heterocycles. The summed E-state index contributed by atoms with van der Waals surface area (Å²) < 4.78 is 34.3. The van der Waals surface area contributed by atoms with E-state index in [2.05, 4.69) is 43.2 Å². The fraction of sp³-hybridized carbons (Fsp3) is 0.240. The third-order valence-electron chi connectivity index (χ3n) is 6.11. The Hall–Kier alpha value is -2.65. The number of anilines is 2. The lowest BCUT2D eigenvalue weighted by Crippen LogP contribution is -2.47. The van der Waals surface area contributed by atoms with Crippen LogP contribution in [0.1, 0.15) is 5.56 Å². The zero-order valence-corrected chi connectivity index (χ0v) is 20.9. The van der Waals surface area contributed by atoms with E-state index in [-0.39, 0.29) is 4.90 Å². The lowest BCUT2D eigenvalue weighted by Gasteiger charge is -2.35. The number of piperazine rings is 1. The molecule has 176 valence electrons. The summed E-state index contributed by atoms with van der Waals surface area (Å²) >= 11 is 7.45. The van der Waals surface area contributed by atoms with E-state index in [1.54, 1.807) is 23.7 Å². The maximum atomic E-state index is 12.8. The minimum absolute atomic E-state index is 0.192. The number of fused-ring (bicyclic) bond motifs is 1. The molecule has 0 spiro atoms. The van der Waals surface area contributed by atoms with Gasteiger partial charge in [0.25, 0.3) is 10.0 Å². The molecule has 0 bridgehead atoms. The summed E-state index contributed by atoms with van der Waals surface area (Å²) in [5.74, 6) is 1.09. The molecular formula is C25H25ClN4O2S2. The van der Waals surface area contributed by atoms with Crippen molar-refractivity contribution in [2.24, 2.45) is 0 Å². The van der Waals surface area contributed by atoms with Crippen molar-refractivity contribution in [2.45, 2.75) is 11.3 Å². The molecule has 3 aromatic carbocycles. The van der Waals surface area contributed by atoms with Crippen molar-refractivity contribution in [2.75, 3.05) is 42.3 Å². The van der Waals surface area contributed by atoms with Crippen molar-refractivity contribution < 1.29 is 8.42 Å². The van der Waals surface area contributed by atoms with E-state index < -0.39 is 10.0 Å². The highest BCUT2D eigenvalue weighted by Crippen LogP contribution is 2.30. The van der Waals surface area contributed by atoms with Gasteiger partial charge in [0.05, 0.1) is 15.3 Å². The van der Waals surface area contributed by atoms with Gasteiger partial charge in [-0.3, -0.25) is 9.62 Å². The predicted molar refractivity (Wildman–Crippen MR) is 141 cm³/mol. The Morgan fingerprint density at radius 2 is 1.62 bits per heavy atom. The normalized spacial score (nSPS) is 15.0. The highest BCUT2D eigenvalue weighted by atomic mass is 35.5. The van der Waals surface area contributed by atoms with Crippen LogP contribution in [0.25, 0.3) is 10.1 Å². The van der Waals surface area contributed by atoms with Gasteiger partial charge in [-0.1, -0.05) is 41.9 Å². The fourth-order valence-corrected chi connectivity index (χ4v) is 6.24. The molecule has 0 saturated carbocycles. The average molecular weight is 513 g/mol. The molecule has 0 unspecified atom stereocenters. The first-order valence-electron chi connectivity index (χ1n) is 11.2. The van der Waals surface area contributed by atoms with Crippen LogP contribution in [-0.4, -0.2) is 50.4 Å². The molecule has 2 heterocycles. The van der Waals surface area contributed by atoms with Crippen molar-refractivity contribution in [3.63, 3.8) is 0 Å². The first kappa shape index (κ1) is 23.1. The molecule has 1 fully saturated rings. The van der Waals surface area contributed by atoms with Gasteiger partial charge in [0, 0.05) is 43.1 Å². The van der Waals surface area contributed by atoms with Gasteiger partial charge in [-0.2, -0.15) is 4.37 Å². The number of benzene rings is 3. The number of nitrogens with zero attached hydrogens (tertiary/aromatic N) is 3. The van der Waals surface area contributed by atoms with Crippen LogP contribution in [0.2, 0.25) is 5.02 Å². The first-order valence-corrected chi connectivity index (χ1v) is 13.8. The quantitative estimate of drug-likeness (QED) is 0.372. The zero-order chi connectivity index (χ0) is 23.5. The summed E-state index contributed by atoms with van der Waals surface area (Å²) in [6.45, 7) is 4.62. The van der Waals surface area contributed by atoms with Crippen molar-refractivity contribution >= 4 is 54.7 Å². The highest BCUT2D eigenvalue weighted by molar-refractivity contribution is 7.92. The van der Waals surface area contributed by atoms with E-state index >= 15 is 0 Å². The minimum Gasteiger partial charge on any atom is -0.353 e. The van der Waals surface area contributed by atoms with Gasteiger partial charge in [-0.15, -0.1) is 0 Å². The van der Waals surface area contributed by atoms with Crippen molar-refractivity contribution in [3.8, 4) is 0 Å². The third-order valence-corrected chi connectivity index (χ3v) is 8.56. The van der Waals surface area contributed by atoms with Crippen molar-refractivity contribution in [1.29, 1.82) is 0 Å². The second-order valence-electron chi connectivity index (χ2n) is 8.30. The SMILES string of the molecule is O=S(=O)(Nc1ccccc1CCN1CCN(c2nsc3ccccc23)CC1)c1ccc(Cl)cc1. The van der Waals surface area contributed by atoms with E-state index in [1.807, 2.05) is 24.3 Å². The lowest BCUT2D eigenvalue weighted by atomic mass is 10.1. The molecule has 0 amide bonds. The summed E-state index contributed by atoms with van der Waals surface area (Å²) in [7, 11) is -3.68. The van der Waals surface area contributed by atoms with Crippen LogP contribution >= 0.6 is 23.1 Å². The fourth-order valence-electron chi connectivity index (χ4n) is 4.22. The Morgan fingerprint density at radius 1 is 0.912 bits per heavy atom. The number of rotatable bonds is 7. The molecule has 4 aromatic rings. The molecule has 6 nitrogen and oxygen atoms in total. The number of sulfonamides is 1. The molecule has 5 rings (SSSR count). The Labute approximate surface area is 209 Å². The van der Waals surface area contributed by atoms with E-state index in [9.17, 15) is 8.42 Å². The third kappa shape index (κ3) is 5.05. The van der Waals surface area contributed by atoms with E-state index in [1.165, 1.54) is 22.2 Å². The zero-order valence-electron chi connectivity index (χ0n) is 18.5. The van der Waals surface area contributed by atoms with Crippen LogP contribution in [0, 0.1) is 0 Å². The number of hydrogen-bond donors (Lipinski definition) is 1. The smallest absolute Gasteiger partial charge is 0.261 e.